The molecule has 7 heavy (non-hydrogen) atoms. The predicted octanol–water partition coefficient (Wildman–Crippen LogP) is -3.65. The monoisotopic (exact) mass is 206 g/mol. The second-order valence-corrected chi connectivity index (χ2v) is 1.34. The van der Waals surface area contributed by atoms with Gasteiger partial charge in [0.25, 0.3) is 0 Å². The zero-order valence-electron chi connectivity index (χ0n) is 3.03. The van der Waals surface area contributed by atoms with Crippen molar-refractivity contribution in [3.63, 3.8) is 0 Å². The Morgan fingerprint density at radius 3 is 1.14 bits per heavy atom. The largest absolute Gasteiger partial charge is 5.00 e. The Bertz CT molecular complexity index is 54.2. The summed E-state index contributed by atoms with van der Waals surface area (Å²) in [5.41, 5.74) is 0. The molecule has 7 heteroatoms. The Kier molecular flexibility index (Phi) is 11.1. The van der Waals surface area contributed by atoms with E-state index in [1.54, 1.807) is 0 Å². The molecule has 0 aromatic rings. The van der Waals surface area contributed by atoms with E-state index < -0.39 is 7.82 Å². The van der Waals surface area contributed by atoms with Crippen LogP contribution in [0.4, 0.5) is 0 Å². The van der Waals surface area contributed by atoms with E-state index in [2.05, 4.69) is 0 Å². The molecule has 0 aromatic carbocycles. The number of rotatable bonds is 0. The zero-order chi connectivity index (χ0) is 4.50. The van der Waals surface area contributed by atoms with E-state index in [4.69, 9.17) is 19.2 Å². The van der Waals surface area contributed by atoms with Crippen LogP contribution >= 0.6 is 7.82 Å². The summed E-state index contributed by atoms with van der Waals surface area (Å²) in [6.07, 6.45) is 0. The van der Waals surface area contributed by atoms with E-state index in [-0.39, 0.29) is 27.9 Å². The molecule has 0 bridgehead atoms. The first-order chi connectivity index (χ1) is 2.00. The summed E-state index contributed by atoms with van der Waals surface area (Å²) in [6.45, 7) is 0. The van der Waals surface area contributed by atoms with Crippen LogP contribution in [0.1, 0.15) is 0 Å². The minimum absolute atomic E-state index is 0. The van der Waals surface area contributed by atoms with Crippen molar-refractivity contribution in [1.29, 1.82) is 0 Å². The molecule has 0 aliphatic rings. The van der Waals surface area contributed by atoms with Gasteiger partial charge in [0.2, 0.25) is 0 Å². The molecule has 0 aliphatic carbocycles. The van der Waals surface area contributed by atoms with Gasteiger partial charge in [-0.3, -0.25) is 0 Å². The first kappa shape index (κ1) is 15.7. The van der Waals surface area contributed by atoms with Gasteiger partial charge in [-0.05, 0) is 0 Å². The molecule has 0 rings (SSSR count). The van der Waals surface area contributed by atoms with E-state index in [1.165, 1.54) is 0 Å². The van der Waals surface area contributed by atoms with Crippen molar-refractivity contribution in [2.45, 2.75) is 0 Å². The number of hydrogen-bond acceptors (Lipinski definition) is 4. The standard InChI is InChI=1S/Nb.H3O4P.H2O/c;1-5(2,3)4;/h;(H3,1,2,3,4);1H2/q+5;;/p-3. The quantitative estimate of drug-likeness (QED) is 0.299. The van der Waals surface area contributed by atoms with E-state index in [0.717, 1.165) is 0 Å². The van der Waals surface area contributed by atoms with Gasteiger partial charge in [0.15, 0.2) is 0 Å². The maximum Gasteiger partial charge on any atom is 5.00 e. The van der Waals surface area contributed by atoms with Crippen LogP contribution in [0.15, 0.2) is 0 Å². The van der Waals surface area contributed by atoms with Gasteiger partial charge in [0, 0.05) is 0 Å². The molecule has 0 fully saturated rings. The molecule has 0 unspecified atom stereocenters. The fourth-order valence-corrected chi connectivity index (χ4v) is 0. The first-order valence-corrected chi connectivity index (χ1v) is 2.19. The average molecular weight is 206 g/mol. The summed E-state index contributed by atoms with van der Waals surface area (Å²) in [7, 11) is -5.39. The van der Waals surface area contributed by atoms with Gasteiger partial charge in [0.05, 0.1) is 0 Å². The van der Waals surface area contributed by atoms with Crippen LogP contribution < -0.4 is 14.7 Å². The van der Waals surface area contributed by atoms with Crippen LogP contribution in [0.3, 0.4) is 0 Å². The summed E-state index contributed by atoms with van der Waals surface area (Å²) < 4.78 is 8.55. The Morgan fingerprint density at radius 1 is 1.14 bits per heavy atom. The second-order valence-electron chi connectivity index (χ2n) is 0.447. The van der Waals surface area contributed by atoms with Crippen molar-refractivity contribution in [2.24, 2.45) is 0 Å². The van der Waals surface area contributed by atoms with Crippen LogP contribution in [-0.2, 0) is 26.9 Å². The topological polar surface area (TPSA) is 118 Å². The molecule has 0 aromatic heterocycles. The van der Waals surface area contributed by atoms with E-state index in [1.807, 2.05) is 0 Å². The zero-order valence-corrected chi connectivity index (χ0v) is 6.12. The molecule has 5 nitrogen and oxygen atoms in total. The van der Waals surface area contributed by atoms with Crippen molar-refractivity contribution in [2.75, 3.05) is 0 Å². The number of hydrogen-bond donors (Lipinski definition) is 0. The molecule has 0 saturated heterocycles. The van der Waals surface area contributed by atoms with Gasteiger partial charge in [0.1, 0.15) is 0 Å². The van der Waals surface area contributed by atoms with Crippen LogP contribution in [-0.4, -0.2) is 5.48 Å². The fourth-order valence-electron chi connectivity index (χ4n) is 0. The van der Waals surface area contributed by atoms with Crippen LogP contribution in [0, 0.1) is 0 Å². The van der Waals surface area contributed by atoms with Gasteiger partial charge in [-0.25, -0.2) is 0 Å². The van der Waals surface area contributed by atoms with Gasteiger partial charge in [-0.2, -0.15) is 7.82 Å². The maximum absolute atomic E-state index is 8.55. The molecular weight excluding hydrogens is 204 g/mol. The van der Waals surface area contributed by atoms with Crippen molar-refractivity contribution in [3.05, 3.63) is 0 Å². The summed E-state index contributed by atoms with van der Waals surface area (Å²) in [5.74, 6) is 0. The summed E-state index contributed by atoms with van der Waals surface area (Å²) in [6, 6.07) is 0. The Morgan fingerprint density at radius 2 is 1.14 bits per heavy atom. The molecule has 0 aliphatic heterocycles. The van der Waals surface area contributed by atoms with Gasteiger partial charge < -0.3 is 24.7 Å². The van der Waals surface area contributed by atoms with Crippen LogP contribution in [0.25, 0.3) is 0 Å². The smallest absolute Gasteiger partial charge is 0.822 e. The Hall–Kier alpha value is 0.810. The van der Waals surface area contributed by atoms with Crippen LogP contribution in [0.5, 0.6) is 0 Å². The Labute approximate surface area is 55.4 Å². The predicted molar refractivity (Wildman–Crippen MR) is 11.2 cm³/mol. The molecule has 40 valence electrons. The third kappa shape index (κ3) is 240. The van der Waals surface area contributed by atoms with Crippen molar-refractivity contribution in [3.8, 4) is 0 Å². The molecule has 0 spiro atoms. The maximum atomic E-state index is 8.55. The van der Waals surface area contributed by atoms with Gasteiger partial charge >= 0.3 is 22.4 Å². The minimum atomic E-state index is -5.39. The number of phosphoric acid groups is 1. The minimum Gasteiger partial charge on any atom is -0.822 e. The summed E-state index contributed by atoms with van der Waals surface area (Å²) >= 11 is 0. The molecule has 2 N–H and O–H groups in total. The Balaban J connectivity index is -0.0000000800. The summed E-state index contributed by atoms with van der Waals surface area (Å²) in [5, 5.41) is 0. The molecule has 0 atom stereocenters. The first-order valence-electron chi connectivity index (χ1n) is 0.730. The molecule has 0 heterocycles. The fraction of sp³-hybridized carbons (Fsp3) is 0. The third-order valence-corrected chi connectivity index (χ3v) is 0. The van der Waals surface area contributed by atoms with Crippen molar-refractivity contribution >= 4 is 7.82 Å². The normalized spacial score (nSPS) is 8.43. The SMILES string of the molecule is O.O=P([O-])([O-])[O-].[Nb+5]. The molecule has 0 radical (unpaired) electrons. The molecule has 0 saturated carbocycles. The van der Waals surface area contributed by atoms with E-state index >= 15 is 0 Å². The van der Waals surface area contributed by atoms with Gasteiger partial charge in [-0.1, -0.05) is 0 Å². The van der Waals surface area contributed by atoms with Crippen LogP contribution in [0.2, 0.25) is 0 Å². The molecular formula is H2NbO5P+2. The average Bonchev–Trinajstić information content (AvgIpc) is 0.722. The summed E-state index contributed by atoms with van der Waals surface area (Å²) in [4.78, 5) is 25.6. The molecule has 0 amide bonds. The van der Waals surface area contributed by atoms with Crippen molar-refractivity contribution in [1.82, 2.24) is 0 Å². The van der Waals surface area contributed by atoms with E-state index in [0.29, 0.717) is 0 Å². The van der Waals surface area contributed by atoms with E-state index in [9.17, 15) is 0 Å². The second kappa shape index (κ2) is 4.96. The van der Waals surface area contributed by atoms with Crippen molar-refractivity contribution < 1.29 is 47.1 Å². The van der Waals surface area contributed by atoms with Gasteiger partial charge in [-0.15, -0.1) is 0 Å². The third-order valence-electron chi connectivity index (χ3n) is 0.